The Morgan fingerprint density at radius 2 is 1.66 bits per heavy atom. The van der Waals surface area contributed by atoms with Gasteiger partial charge >= 0.3 is 5.69 Å². The molecule has 10 heteroatoms. The van der Waals surface area contributed by atoms with Crippen molar-refractivity contribution in [2.45, 2.75) is 0 Å². The van der Waals surface area contributed by atoms with E-state index in [0.29, 0.717) is 26.9 Å². The van der Waals surface area contributed by atoms with Crippen molar-refractivity contribution < 1.29 is 4.92 Å². The van der Waals surface area contributed by atoms with Gasteiger partial charge in [0.15, 0.2) is 0 Å². The van der Waals surface area contributed by atoms with Crippen molar-refractivity contribution in [2.75, 3.05) is 10.6 Å². The Morgan fingerprint density at radius 1 is 0.897 bits per heavy atom. The molecule has 2 aromatic carbocycles. The van der Waals surface area contributed by atoms with E-state index in [1.807, 2.05) is 24.3 Å². The van der Waals surface area contributed by atoms with Crippen LogP contribution in [-0.4, -0.2) is 19.9 Å². The third-order valence-corrected chi connectivity index (χ3v) is 4.81. The maximum absolute atomic E-state index is 11.8. The van der Waals surface area contributed by atoms with Crippen LogP contribution in [0.3, 0.4) is 0 Å². The molecule has 0 bridgehead atoms. The summed E-state index contributed by atoms with van der Waals surface area (Å²) in [6, 6.07) is 14.0. The fourth-order valence-electron chi connectivity index (χ4n) is 2.78. The van der Waals surface area contributed by atoms with Crippen LogP contribution in [0.1, 0.15) is 0 Å². The molecule has 0 atom stereocenters. The van der Waals surface area contributed by atoms with E-state index in [4.69, 9.17) is 23.2 Å². The molecule has 0 fully saturated rings. The summed E-state index contributed by atoms with van der Waals surface area (Å²) in [7, 11) is 0. The number of rotatable bonds is 5. The number of nitrogens with one attached hydrogen (secondary N) is 2. The maximum atomic E-state index is 11.8. The second-order valence-electron chi connectivity index (χ2n) is 5.94. The van der Waals surface area contributed by atoms with Gasteiger partial charge in [-0.2, -0.15) is 0 Å². The molecule has 0 aliphatic rings. The van der Waals surface area contributed by atoms with Gasteiger partial charge in [0.1, 0.15) is 6.33 Å². The van der Waals surface area contributed by atoms with Gasteiger partial charge in [-0.1, -0.05) is 41.4 Å². The average Bonchev–Trinajstić information content (AvgIpc) is 2.71. The minimum atomic E-state index is -0.555. The van der Waals surface area contributed by atoms with Gasteiger partial charge in [-0.3, -0.25) is 15.1 Å². The van der Waals surface area contributed by atoms with E-state index in [9.17, 15) is 10.1 Å². The average molecular weight is 427 g/mol. The molecule has 8 nitrogen and oxygen atoms in total. The van der Waals surface area contributed by atoms with Gasteiger partial charge in [0.2, 0.25) is 11.6 Å². The van der Waals surface area contributed by atoms with Crippen molar-refractivity contribution in [2.24, 2.45) is 0 Å². The molecular formula is C19H12Cl2N6O2. The van der Waals surface area contributed by atoms with Crippen LogP contribution in [0.25, 0.3) is 10.9 Å². The first-order valence-corrected chi connectivity index (χ1v) is 9.11. The van der Waals surface area contributed by atoms with Gasteiger partial charge in [-0.15, -0.1) is 0 Å². The molecular weight excluding hydrogens is 415 g/mol. The number of hydrogen-bond donors (Lipinski definition) is 2. The highest BCUT2D eigenvalue weighted by Gasteiger charge is 2.24. The molecule has 0 amide bonds. The summed E-state index contributed by atoms with van der Waals surface area (Å²) in [5.74, 6) is 0.0461. The van der Waals surface area contributed by atoms with Crippen molar-refractivity contribution in [1.82, 2.24) is 15.0 Å². The minimum Gasteiger partial charge on any atom is -0.334 e. The zero-order chi connectivity index (χ0) is 20.4. The molecule has 29 heavy (non-hydrogen) atoms. The highest BCUT2D eigenvalue weighted by Crippen LogP contribution is 2.35. The summed E-state index contributed by atoms with van der Waals surface area (Å²) < 4.78 is 0. The van der Waals surface area contributed by atoms with Gasteiger partial charge in [0.05, 0.1) is 26.2 Å². The second-order valence-corrected chi connectivity index (χ2v) is 6.75. The lowest BCUT2D eigenvalue weighted by Crippen LogP contribution is -2.06. The lowest BCUT2D eigenvalue weighted by Gasteiger charge is -2.11. The standard InChI is InChI=1S/C19H12Cl2N6O2/c20-13-7-6-12(9-14(13)21)25-18-17(27(28)29)19(24-10-23-18)26-15-5-1-3-11-4-2-8-22-16(11)15/h1-10H,(H2,23,24,25,26). The summed E-state index contributed by atoms with van der Waals surface area (Å²) in [6.07, 6.45) is 2.88. The Hall–Kier alpha value is -3.49. The molecule has 0 aliphatic carbocycles. The van der Waals surface area contributed by atoms with Gasteiger partial charge < -0.3 is 10.6 Å². The molecule has 4 rings (SSSR count). The van der Waals surface area contributed by atoms with E-state index in [1.54, 1.807) is 30.5 Å². The molecule has 0 aliphatic heterocycles. The molecule has 0 unspecified atom stereocenters. The number of para-hydroxylation sites is 1. The van der Waals surface area contributed by atoms with E-state index in [0.717, 1.165) is 5.39 Å². The summed E-state index contributed by atoms with van der Waals surface area (Å²) in [5, 5.41) is 19.3. The third-order valence-electron chi connectivity index (χ3n) is 4.07. The fraction of sp³-hybridized carbons (Fsp3) is 0. The largest absolute Gasteiger partial charge is 0.353 e. The maximum Gasteiger partial charge on any atom is 0.353 e. The highest BCUT2D eigenvalue weighted by molar-refractivity contribution is 6.42. The number of fused-ring (bicyclic) bond motifs is 1. The first-order chi connectivity index (χ1) is 14.0. The number of halogens is 2. The van der Waals surface area contributed by atoms with Crippen LogP contribution < -0.4 is 10.6 Å². The fourth-order valence-corrected chi connectivity index (χ4v) is 3.08. The van der Waals surface area contributed by atoms with Gasteiger partial charge in [-0.05, 0) is 30.3 Å². The van der Waals surface area contributed by atoms with Crippen LogP contribution in [0, 0.1) is 10.1 Å². The Bertz CT molecular complexity index is 1230. The topological polar surface area (TPSA) is 106 Å². The summed E-state index contributed by atoms with van der Waals surface area (Å²) in [6.45, 7) is 0. The first-order valence-electron chi connectivity index (χ1n) is 8.35. The lowest BCUT2D eigenvalue weighted by molar-refractivity contribution is -0.383. The summed E-state index contributed by atoms with van der Waals surface area (Å²) >= 11 is 11.9. The number of anilines is 4. The van der Waals surface area contributed by atoms with Gasteiger partial charge in [0, 0.05) is 17.3 Å². The molecule has 2 N–H and O–H groups in total. The Balaban J connectivity index is 1.75. The zero-order valence-corrected chi connectivity index (χ0v) is 16.1. The van der Waals surface area contributed by atoms with Crippen molar-refractivity contribution >= 4 is 62.8 Å². The molecule has 0 saturated carbocycles. The highest BCUT2D eigenvalue weighted by atomic mass is 35.5. The van der Waals surface area contributed by atoms with Crippen LogP contribution in [0.2, 0.25) is 10.0 Å². The second kappa shape index (κ2) is 7.86. The molecule has 0 radical (unpaired) electrons. The first kappa shape index (κ1) is 18.9. The molecule has 144 valence electrons. The quantitative estimate of drug-likeness (QED) is 0.310. The Labute approximate surface area is 174 Å². The van der Waals surface area contributed by atoms with Crippen LogP contribution in [0.5, 0.6) is 0 Å². The number of aromatic nitrogens is 3. The number of pyridine rings is 1. The van der Waals surface area contributed by atoms with E-state index in [1.165, 1.54) is 6.33 Å². The van der Waals surface area contributed by atoms with Crippen molar-refractivity contribution in [1.29, 1.82) is 0 Å². The van der Waals surface area contributed by atoms with Crippen molar-refractivity contribution in [3.8, 4) is 0 Å². The SMILES string of the molecule is O=[N+]([O-])c1c(Nc2ccc(Cl)c(Cl)c2)ncnc1Nc1cccc2cccnc12. The Kier molecular flexibility index (Phi) is 5.11. The van der Waals surface area contributed by atoms with Crippen molar-refractivity contribution in [3.63, 3.8) is 0 Å². The lowest BCUT2D eigenvalue weighted by atomic mass is 10.2. The number of nitro groups is 1. The smallest absolute Gasteiger partial charge is 0.334 e. The van der Waals surface area contributed by atoms with Gasteiger partial charge in [0.25, 0.3) is 0 Å². The van der Waals surface area contributed by atoms with Gasteiger partial charge in [-0.25, -0.2) is 9.97 Å². The number of hydrogen-bond acceptors (Lipinski definition) is 7. The van der Waals surface area contributed by atoms with Crippen LogP contribution in [0.4, 0.5) is 28.7 Å². The van der Waals surface area contributed by atoms with E-state index in [-0.39, 0.29) is 17.3 Å². The van der Waals surface area contributed by atoms with Crippen LogP contribution in [0.15, 0.2) is 61.1 Å². The monoisotopic (exact) mass is 426 g/mol. The van der Waals surface area contributed by atoms with Crippen LogP contribution >= 0.6 is 23.2 Å². The third kappa shape index (κ3) is 3.89. The molecule has 0 spiro atoms. The number of nitrogens with zero attached hydrogens (tertiary/aromatic N) is 4. The zero-order valence-electron chi connectivity index (χ0n) is 14.6. The predicted octanol–water partition coefficient (Wildman–Crippen LogP) is 5.73. The Morgan fingerprint density at radius 3 is 2.41 bits per heavy atom. The normalized spacial score (nSPS) is 10.7. The molecule has 2 heterocycles. The van der Waals surface area contributed by atoms with Crippen molar-refractivity contribution in [3.05, 3.63) is 81.2 Å². The minimum absolute atomic E-state index is 0.0130. The van der Waals surface area contributed by atoms with E-state index >= 15 is 0 Å². The predicted molar refractivity (Wildman–Crippen MR) is 113 cm³/mol. The van der Waals surface area contributed by atoms with E-state index < -0.39 is 4.92 Å². The molecule has 0 saturated heterocycles. The number of benzene rings is 2. The van der Waals surface area contributed by atoms with E-state index in [2.05, 4.69) is 25.6 Å². The summed E-state index contributed by atoms with van der Waals surface area (Å²) in [5.41, 5.74) is 1.44. The summed E-state index contributed by atoms with van der Waals surface area (Å²) in [4.78, 5) is 23.7. The van der Waals surface area contributed by atoms with Crippen LogP contribution in [-0.2, 0) is 0 Å². The molecule has 4 aromatic rings. The molecule has 2 aromatic heterocycles.